The highest BCUT2D eigenvalue weighted by atomic mass is 16.5. The summed E-state index contributed by atoms with van der Waals surface area (Å²) >= 11 is 0. The van der Waals surface area contributed by atoms with Crippen molar-refractivity contribution in [2.45, 2.75) is 25.4 Å². The summed E-state index contributed by atoms with van der Waals surface area (Å²) in [6.45, 7) is 1.90. The molecular formula is C20H19N3O4. The first kappa shape index (κ1) is 17.1. The molecule has 4 rings (SSSR count). The minimum Gasteiger partial charge on any atom is -0.457 e. The van der Waals surface area contributed by atoms with Crippen molar-refractivity contribution in [1.82, 2.24) is 10.2 Å². The summed E-state index contributed by atoms with van der Waals surface area (Å²) in [4.78, 5) is 39.8. The van der Waals surface area contributed by atoms with Gasteiger partial charge in [0.1, 0.15) is 17.5 Å². The first-order chi connectivity index (χ1) is 13.0. The van der Waals surface area contributed by atoms with Crippen LogP contribution in [0.2, 0.25) is 0 Å². The molecule has 2 saturated heterocycles. The number of ether oxygens (including phenoxy) is 1. The number of nitrogens with one attached hydrogen (secondary N) is 1. The molecule has 2 atom stereocenters. The topological polar surface area (TPSA) is 79.0 Å². The summed E-state index contributed by atoms with van der Waals surface area (Å²) in [5.74, 6) is 0.744. The summed E-state index contributed by atoms with van der Waals surface area (Å²) in [7, 11) is 0. The van der Waals surface area contributed by atoms with Gasteiger partial charge in [-0.15, -0.1) is 0 Å². The number of likely N-dealkylation sites (tertiary alicyclic amines) is 1. The van der Waals surface area contributed by atoms with Crippen molar-refractivity contribution in [3.63, 3.8) is 0 Å². The molecule has 0 aliphatic carbocycles. The molecule has 2 aliphatic heterocycles. The number of carbonyl (C=O) groups excluding carboxylic acids is 3. The van der Waals surface area contributed by atoms with Gasteiger partial charge < -0.3 is 15.0 Å². The fraction of sp³-hybridized carbons (Fsp3) is 0.250. The molecule has 0 bridgehead atoms. The highest BCUT2D eigenvalue weighted by Crippen LogP contribution is 2.29. The number of benzene rings is 2. The third-order valence-electron chi connectivity index (χ3n) is 4.86. The lowest BCUT2D eigenvalue weighted by atomic mass is 10.0. The molecule has 2 fully saturated rings. The van der Waals surface area contributed by atoms with Gasteiger partial charge in [-0.05, 0) is 42.8 Å². The van der Waals surface area contributed by atoms with Gasteiger partial charge in [0.15, 0.2) is 0 Å². The lowest BCUT2D eigenvalue weighted by molar-refractivity contribution is -0.136. The second kappa shape index (κ2) is 6.75. The van der Waals surface area contributed by atoms with E-state index in [0.29, 0.717) is 30.2 Å². The van der Waals surface area contributed by atoms with Gasteiger partial charge in [0.05, 0.1) is 11.7 Å². The Morgan fingerprint density at radius 3 is 2.37 bits per heavy atom. The minimum absolute atomic E-state index is 0.168. The molecule has 2 aromatic carbocycles. The normalized spacial score (nSPS) is 21.7. The molecule has 27 heavy (non-hydrogen) atoms. The van der Waals surface area contributed by atoms with Gasteiger partial charge >= 0.3 is 6.03 Å². The number of urea groups is 1. The van der Waals surface area contributed by atoms with Crippen LogP contribution in [0.25, 0.3) is 0 Å². The van der Waals surface area contributed by atoms with Crippen molar-refractivity contribution in [2.24, 2.45) is 0 Å². The number of nitrogens with zero attached hydrogens (tertiary/aromatic N) is 2. The minimum atomic E-state index is -0.652. The molecular weight excluding hydrogens is 346 g/mol. The third kappa shape index (κ3) is 3.12. The van der Waals surface area contributed by atoms with E-state index in [1.807, 2.05) is 30.3 Å². The number of anilines is 1. The fourth-order valence-corrected chi connectivity index (χ4v) is 3.59. The lowest BCUT2D eigenvalue weighted by Crippen LogP contribution is -2.64. The van der Waals surface area contributed by atoms with Crippen LogP contribution in [-0.4, -0.2) is 41.4 Å². The van der Waals surface area contributed by atoms with Crippen molar-refractivity contribution in [3.8, 4) is 11.5 Å². The Morgan fingerprint density at radius 1 is 1.04 bits per heavy atom. The third-order valence-corrected chi connectivity index (χ3v) is 4.86. The summed E-state index contributed by atoms with van der Waals surface area (Å²) in [5, 5.41) is 2.84. The molecule has 2 aromatic rings. The number of fused-ring (bicyclic) bond motifs is 1. The maximum absolute atomic E-state index is 12.9. The van der Waals surface area contributed by atoms with Gasteiger partial charge in [-0.1, -0.05) is 18.2 Å². The number of carbonyl (C=O) groups is 3. The fourth-order valence-electron chi connectivity index (χ4n) is 3.59. The maximum Gasteiger partial charge on any atom is 0.329 e. The molecule has 0 aromatic heterocycles. The van der Waals surface area contributed by atoms with Crippen molar-refractivity contribution in [1.29, 1.82) is 0 Å². The van der Waals surface area contributed by atoms with Crippen molar-refractivity contribution in [3.05, 3.63) is 54.6 Å². The van der Waals surface area contributed by atoms with Crippen LogP contribution < -0.4 is 15.0 Å². The van der Waals surface area contributed by atoms with Crippen molar-refractivity contribution < 1.29 is 19.1 Å². The first-order valence-corrected chi connectivity index (χ1v) is 8.79. The van der Waals surface area contributed by atoms with Gasteiger partial charge in [-0.25, -0.2) is 9.69 Å². The average molecular weight is 365 g/mol. The van der Waals surface area contributed by atoms with Crippen LogP contribution in [0.15, 0.2) is 54.6 Å². The Morgan fingerprint density at radius 2 is 1.70 bits per heavy atom. The van der Waals surface area contributed by atoms with E-state index in [1.54, 1.807) is 24.3 Å². The summed E-state index contributed by atoms with van der Waals surface area (Å²) in [6, 6.07) is 14.6. The zero-order valence-electron chi connectivity index (χ0n) is 14.8. The van der Waals surface area contributed by atoms with E-state index in [-0.39, 0.29) is 17.9 Å². The molecule has 0 saturated carbocycles. The molecule has 1 N–H and O–H groups in total. The molecule has 4 amide bonds. The maximum atomic E-state index is 12.9. The van der Waals surface area contributed by atoms with Crippen LogP contribution in [0, 0.1) is 0 Å². The number of amides is 4. The van der Waals surface area contributed by atoms with E-state index in [4.69, 9.17) is 4.74 Å². The van der Waals surface area contributed by atoms with Crippen molar-refractivity contribution >= 4 is 23.5 Å². The van der Waals surface area contributed by atoms with E-state index in [1.165, 1.54) is 11.8 Å². The molecule has 2 heterocycles. The van der Waals surface area contributed by atoms with Crippen molar-refractivity contribution in [2.75, 3.05) is 11.4 Å². The summed E-state index contributed by atoms with van der Waals surface area (Å²) in [5.41, 5.74) is 0.437. The second-order valence-corrected chi connectivity index (χ2v) is 6.58. The Balaban J connectivity index is 1.56. The molecule has 2 aliphatic rings. The molecule has 0 unspecified atom stereocenters. The molecule has 7 heteroatoms. The predicted octanol–water partition coefficient (Wildman–Crippen LogP) is 2.52. The quantitative estimate of drug-likeness (QED) is 0.907. The summed E-state index contributed by atoms with van der Waals surface area (Å²) in [6.07, 6.45) is 0.583. The van der Waals surface area contributed by atoms with Gasteiger partial charge in [-0.2, -0.15) is 0 Å². The monoisotopic (exact) mass is 365 g/mol. The van der Waals surface area contributed by atoms with Gasteiger partial charge in [0.2, 0.25) is 5.91 Å². The number of hydrogen-bond donors (Lipinski definition) is 1. The van der Waals surface area contributed by atoms with E-state index >= 15 is 0 Å². The van der Waals surface area contributed by atoms with E-state index in [2.05, 4.69) is 5.32 Å². The van der Waals surface area contributed by atoms with Crippen LogP contribution >= 0.6 is 0 Å². The number of imide groups is 1. The Labute approximate surface area is 156 Å². The first-order valence-electron chi connectivity index (χ1n) is 8.79. The Kier molecular flexibility index (Phi) is 4.27. The van der Waals surface area contributed by atoms with Crippen LogP contribution in [0.4, 0.5) is 10.5 Å². The van der Waals surface area contributed by atoms with Crippen LogP contribution in [0.3, 0.4) is 0 Å². The number of rotatable bonds is 3. The van der Waals surface area contributed by atoms with Gasteiger partial charge in [-0.3, -0.25) is 9.59 Å². The average Bonchev–Trinajstić information content (AvgIpc) is 3.08. The SMILES string of the molecule is CC(=O)N1CC[C@@H]2NC(=O)N(c3ccc(Oc4ccccc4)cc3)C(=O)[C@H]21. The smallest absolute Gasteiger partial charge is 0.329 e. The van der Waals surface area contributed by atoms with E-state index in [0.717, 1.165) is 4.90 Å². The van der Waals surface area contributed by atoms with Crippen LogP contribution in [0.5, 0.6) is 11.5 Å². The van der Waals surface area contributed by atoms with Crippen LogP contribution in [-0.2, 0) is 9.59 Å². The van der Waals surface area contributed by atoms with Gasteiger partial charge in [0, 0.05) is 13.5 Å². The summed E-state index contributed by atoms with van der Waals surface area (Å²) < 4.78 is 5.74. The molecule has 0 radical (unpaired) electrons. The van der Waals surface area contributed by atoms with Gasteiger partial charge in [0.25, 0.3) is 5.91 Å². The predicted molar refractivity (Wildman–Crippen MR) is 98.6 cm³/mol. The van der Waals surface area contributed by atoms with E-state index in [9.17, 15) is 14.4 Å². The highest BCUT2D eigenvalue weighted by Gasteiger charge is 2.49. The zero-order valence-corrected chi connectivity index (χ0v) is 14.8. The molecule has 138 valence electrons. The number of para-hydroxylation sites is 1. The number of hydrogen-bond acceptors (Lipinski definition) is 4. The Hall–Kier alpha value is -3.35. The standard InChI is InChI=1S/C20H19N3O4/c1-13(24)22-12-11-17-18(22)19(25)23(20(26)21-17)14-7-9-16(10-8-14)27-15-5-3-2-4-6-15/h2-10,17-18H,11-12H2,1H3,(H,21,26)/t17-,18-/m0/s1. The highest BCUT2D eigenvalue weighted by molar-refractivity contribution is 6.19. The largest absolute Gasteiger partial charge is 0.457 e. The molecule has 0 spiro atoms. The van der Waals surface area contributed by atoms with Crippen LogP contribution in [0.1, 0.15) is 13.3 Å². The second-order valence-electron chi connectivity index (χ2n) is 6.58. The lowest BCUT2D eigenvalue weighted by Gasteiger charge is -2.36. The Bertz CT molecular complexity index is 882. The zero-order chi connectivity index (χ0) is 19.0. The molecule has 7 nitrogen and oxygen atoms in total. The van der Waals surface area contributed by atoms with E-state index < -0.39 is 12.1 Å².